The number of nitriles is 1. The molecule has 1 aliphatic heterocycles. The molecule has 1 aromatic carbocycles. The summed E-state index contributed by atoms with van der Waals surface area (Å²) in [5.41, 5.74) is 3.33. The monoisotopic (exact) mass is 387 g/mol. The molecule has 2 aromatic rings. The van der Waals surface area contributed by atoms with Gasteiger partial charge in [-0.05, 0) is 31.0 Å². The van der Waals surface area contributed by atoms with E-state index in [0.717, 1.165) is 42.4 Å². The fourth-order valence-corrected chi connectivity index (χ4v) is 3.79. The summed E-state index contributed by atoms with van der Waals surface area (Å²) in [4.78, 5) is 0.141. The van der Waals surface area contributed by atoms with Gasteiger partial charge >= 0.3 is 0 Å². The van der Waals surface area contributed by atoms with Crippen LogP contribution in [0.2, 0.25) is 0 Å². The average Bonchev–Trinajstić information content (AvgIpc) is 2.90. The van der Waals surface area contributed by atoms with Crippen LogP contribution in [0.15, 0.2) is 34.3 Å². The van der Waals surface area contributed by atoms with E-state index >= 15 is 0 Å². The number of sulfonamides is 1. The molecule has 0 saturated heterocycles. The largest absolute Gasteiger partial charge is 0.309 e. The van der Waals surface area contributed by atoms with Crippen molar-refractivity contribution in [3.05, 3.63) is 35.9 Å². The summed E-state index contributed by atoms with van der Waals surface area (Å²) >= 11 is 0. The number of benzene rings is 1. The summed E-state index contributed by atoms with van der Waals surface area (Å²) < 4.78 is 27.6. The van der Waals surface area contributed by atoms with Gasteiger partial charge in [-0.3, -0.25) is 5.43 Å². The van der Waals surface area contributed by atoms with E-state index in [2.05, 4.69) is 20.7 Å². The number of aryl methyl sites for hydroxylation is 1. The van der Waals surface area contributed by atoms with Crippen LogP contribution in [-0.4, -0.2) is 47.3 Å². The molecule has 10 heteroatoms. The average molecular weight is 387 g/mol. The van der Waals surface area contributed by atoms with Crippen LogP contribution in [0.4, 0.5) is 5.69 Å². The first-order valence-corrected chi connectivity index (χ1v) is 10.1. The summed E-state index contributed by atoms with van der Waals surface area (Å²) in [5, 5.41) is 21.9. The predicted molar refractivity (Wildman–Crippen MR) is 101 cm³/mol. The van der Waals surface area contributed by atoms with Gasteiger partial charge in [-0.25, -0.2) is 12.7 Å². The van der Waals surface area contributed by atoms with E-state index in [0.29, 0.717) is 11.5 Å². The molecule has 0 spiro atoms. The smallest absolute Gasteiger partial charge is 0.242 e. The molecule has 0 unspecified atom stereocenters. The molecule has 1 N–H and O–H groups in total. The van der Waals surface area contributed by atoms with Crippen molar-refractivity contribution < 1.29 is 8.42 Å². The zero-order valence-electron chi connectivity index (χ0n) is 15.3. The molecule has 1 aliphatic rings. The van der Waals surface area contributed by atoms with Crippen molar-refractivity contribution in [2.75, 3.05) is 19.5 Å². The molecule has 9 nitrogen and oxygen atoms in total. The van der Waals surface area contributed by atoms with Crippen molar-refractivity contribution in [3.8, 4) is 6.07 Å². The van der Waals surface area contributed by atoms with Crippen molar-refractivity contribution in [2.24, 2.45) is 5.10 Å². The zero-order chi connectivity index (χ0) is 19.4. The van der Waals surface area contributed by atoms with Crippen LogP contribution in [0.3, 0.4) is 0 Å². The fraction of sp³-hybridized carbons (Fsp3) is 0.412. The highest BCUT2D eigenvalue weighted by molar-refractivity contribution is 7.89. The van der Waals surface area contributed by atoms with Gasteiger partial charge in [0.2, 0.25) is 15.7 Å². The Kier molecular flexibility index (Phi) is 5.53. The molecule has 0 aliphatic carbocycles. The summed E-state index contributed by atoms with van der Waals surface area (Å²) in [7, 11) is -0.608. The maximum absolute atomic E-state index is 12.2. The number of hydrogen-bond donors (Lipinski definition) is 1. The Morgan fingerprint density at radius 3 is 2.85 bits per heavy atom. The zero-order valence-corrected chi connectivity index (χ0v) is 16.1. The third kappa shape index (κ3) is 3.99. The lowest BCUT2D eigenvalue weighted by Crippen LogP contribution is -2.22. The first kappa shape index (κ1) is 19.0. The lowest BCUT2D eigenvalue weighted by molar-refractivity contribution is 0.521. The first-order chi connectivity index (χ1) is 12.9. The maximum atomic E-state index is 12.2. The molecule has 2 heterocycles. The summed E-state index contributed by atoms with van der Waals surface area (Å²) in [6, 6.07) is 8.32. The Balaban J connectivity index is 1.87. The van der Waals surface area contributed by atoms with Gasteiger partial charge in [0.1, 0.15) is 11.9 Å². The molecule has 0 saturated carbocycles. The third-order valence-corrected chi connectivity index (χ3v) is 6.15. The van der Waals surface area contributed by atoms with E-state index in [-0.39, 0.29) is 10.6 Å². The van der Waals surface area contributed by atoms with Gasteiger partial charge in [0.05, 0.1) is 10.6 Å². The molecule has 0 radical (unpaired) electrons. The Bertz CT molecular complexity index is 1000. The normalized spacial score (nSPS) is 15.1. The highest BCUT2D eigenvalue weighted by atomic mass is 32.2. The van der Waals surface area contributed by atoms with Gasteiger partial charge in [0.25, 0.3) is 0 Å². The summed E-state index contributed by atoms with van der Waals surface area (Å²) in [6.07, 6.45) is 4.02. The van der Waals surface area contributed by atoms with Crippen molar-refractivity contribution in [1.82, 2.24) is 19.1 Å². The number of aromatic nitrogens is 3. The summed E-state index contributed by atoms with van der Waals surface area (Å²) in [5.74, 6) is 1.29. The highest BCUT2D eigenvalue weighted by Crippen LogP contribution is 2.19. The van der Waals surface area contributed by atoms with E-state index in [1.807, 2.05) is 10.6 Å². The Morgan fingerprint density at radius 1 is 1.30 bits per heavy atom. The van der Waals surface area contributed by atoms with E-state index in [1.165, 1.54) is 26.2 Å². The van der Waals surface area contributed by atoms with Crippen molar-refractivity contribution in [1.29, 1.82) is 5.26 Å². The van der Waals surface area contributed by atoms with Crippen LogP contribution >= 0.6 is 0 Å². The van der Waals surface area contributed by atoms with Gasteiger partial charge < -0.3 is 4.57 Å². The molecule has 1 aromatic heterocycles. The number of rotatable bonds is 5. The molecule has 0 bridgehead atoms. The van der Waals surface area contributed by atoms with Crippen molar-refractivity contribution in [3.63, 3.8) is 0 Å². The molecule has 0 atom stereocenters. The van der Waals surface area contributed by atoms with E-state index in [1.54, 1.807) is 12.1 Å². The van der Waals surface area contributed by atoms with Gasteiger partial charge in [0, 0.05) is 27.1 Å². The van der Waals surface area contributed by atoms with E-state index in [4.69, 9.17) is 0 Å². The van der Waals surface area contributed by atoms with Gasteiger partial charge in [-0.15, -0.1) is 10.2 Å². The molecular weight excluding hydrogens is 366 g/mol. The Morgan fingerprint density at radius 2 is 2.11 bits per heavy atom. The topological polar surface area (TPSA) is 116 Å². The minimum atomic E-state index is -3.55. The van der Waals surface area contributed by atoms with Crippen LogP contribution in [-0.2, 0) is 23.0 Å². The van der Waals surface area contributed by atoms with Gasteiger partial charge in [0.15, 0.2) is 5.82 Å². The van der Waals surface area contributed by atoms with E-state index in [9.17, 15) is 13.7 Å². The second-order valence-electron chi connectivity index (χ2n) is 6.40. The second kappa shape index (κ2) is 7.85. The molecule has 0 fully saturated rings. The molecule has 0 amide bonds. The van der Waals surface area contributed by atoms with Crippen LogP contribution in [0.25, 0.3) is 0 Å². The van der Waals surface area contributed by atoms with Gasteiger partial charge in [-0.2, -0.15) is 10.4 Å². The molecule has 27 heavy (non-hydrogen) atoms. The number of nitrogens with one attached hydrogen (secondary N) is 1. The number of hydrogen-bond acceptors (Lipinski definition) is 7. The molecule has 142 valence electrons. The summed E-state index contributed by atoms with van der Waals surface area (Å²) in [6.45, 7) is 0.759. The molecular formula is C17H21N7O2S. The second-order valence-corrected chi connectivity index (χ2v) is 8.55. The van der Waals surface area contributed by atoms with Crippen LogP contribution < -0.4 is 5.43 Å². The fourth-order valence-electron chi connectivity index (χ4n) is 2.84. The van der Waals surface area contributed by atoms with Crippen LogP contribution in [0.1, 0.15) is 30.9 Å². The minimum absolute atomic E-state index is 0.108. The number of hydrazone groups is 1. The lowest BCUT2D eigenvalue weighted by atomic mass is 10.2. The van der Waals surface area contributed by atoms with Crippen molar-refractivity contribution >= 4 is 21.4 Å². The van der Waals surface area contributed by atoms with Crippen LogP contribution in [0.5, 0.6) is 0 Å². The molecule has 3 rings (SSSR count). The first-order valence-electron chi connectivity index (χ1n) is 8.62. The lowest BCUT2D eigenvalue weighted by Gasteiger charge is -2.12. The van der Waals surface area contributed by atoms with Crippen LogP contribution in [0, 0.1) is 11.3 Å². The number of anilines is 1. The standard InChI is InChI=1S/C17H21N7O2S/c1-23(2)27(25,26)14-8-6-7-13(11-14)19-20-15(12-18)17-22-21-16-9-4-3-5-10-24(16)17/h6-8,11,19H,3-5,9-10H2,1-2H3/b20-15+. The quantitative estimate of drug-likeness (QED) is 0.615. The van der Waals surface area contributed by atoms with Gasteiger partial charge in [-0.1, -0.05) is 12.5 Å². The SMILES string of the molecule is CN(C)S(=O)(=O)c1cccc(N/N=C(\C#N)c2nnc3n2CCCCC3)c1. The number of fused-ring (bicyclic) bond motifs is 1. The highest BCUT2D eigenvalue weighted by Gasteiger charge is 2.19. The third-order valence-electron chi connectivity index (χ3n) is 4.34. The van der Waals surface area contributed by atoms with Crippen molar-refractivity contribution in [2.45, 2.75) is 37.1 Å². The Hall–Kier alpha value is -2.77. The van der Waals surface area contributed by atoms with E-state index < -0.39 is 10.0 Å². The predicted octanol–water partition coefficient (Wildman–Crippen LogP) is 1.59. The number of nitrogens with zero attached hydrogens (tertiary/aromatic N) is 6. The maximum Gasteiger partial charge on any atom is 0.242 e. The Labute approximate surface area is 158 Å². The minimum Gasteiger partial charge on any atom is -0.309 e.